The first-order valence-corrected chi connectivity index (χ1v) is 6.92. The topological polar surface area (TPSA) is 83.9 Å². The summed E-state index contributed by atoms with van der Waals surface area (Å²) in [5.74, 6) is -2.15. The number of ether oxygens (including phenoxy) is 1. The second-order valence-electron chi connectivity index (χ2n) is 3.93. The Bertz CT molecular complexity index is 346. The average molecular weight is 275 g/mol. The Balaban J connectivity index is 2.79. The van der Waals surface area contributed by atoms with Crippen molar-refractivity contribution in [3.63, 3.8) is 0 Å². The van der Waals surface area contributed by atoms with Gasteiger partial charge in [0.05, 0.1) is 6.61 Å². The van der Waals surface area contributed by atoms with Crippen LogP contribution in [0.3, 0.4) is 0 Å². The van der Waals surface area contributed by atoms with Crippen LogP contribution >= 0.6 is 11.8 Å². The number of carboxylic acid groups (broad SMARTS) is 1. The molecule has 0 bridgehead atoms. The largest absolute Gasteiger partial charge is 0.481 e. The molecule has 1 N–H and O–H groups in total. The molecule has 1 heterocycles. The molecule has 2 atom stereocenters. The van der Waals surface area contributed by atoms with E-state index in [4.69, 9.17) is 9.84 Å². The van der Waals surface area contributed by atoms with Crippen LogP contribution < -0.4 is 0 Å². The Morgan fingerprint density at radius 3 is 2.72 bits per heavy atom. The first-order chi connectivity index (χ1) is 8.49. The summed E-state index contributed by atoms with van der Waals surface area (Å²) in [4.78, 5) is 35.9. The highest BCUT2D eigenvalue weighted by atomic mass is 32.2. The Morgan fingerprint density at radius 1 is 1.50 bits per heavy atom. The lowest BCUT2D eigenvalue weighted by Gasteiger charge is -2.34. The third-order valence-corrected chi connectivity index (χ3v) is 3.73. The van der Waals surface area contributed by atoms with Crippen molar-refractivity contribution in [3.05, 3.63) is 0 Å². The maximum absolute atomic E-state index is 12.0. The molecule has 102 valence electrons. The van der Waals surface area contributed by atoms with E-state index in [1.54, 1.807) is 18.7 Å². The summed E-state index contributed by atoms with van der Waals surface area (Å²) in [7, 11) is 0. The van der Waals surface area contributed by atoms with E-state index >= 15 is 0 Å². The summed E-state index contributed by atoms with van der Waals surface area (Å²) in [5, 5.41) is 8.84. The van der Waals surface area contributed by atoms with Crippen molar-refractivity contribution < 1.29 is 24.2 Å². The lowest BCUT2D eigenvalue weighted by molar-refractivity contribution is -0.159. The number of carboxylic acids is 1. The standard InChI is InChI=1S/C11H17NO5S/c1-3-17-11(16)8-6-18-5-4-12(8)9(13)7(2)10(14)15/h7-8H,3-6H2,1-2H3,(H,14,15). The summed E-state index contributed by atoms with van der Waals surface area (Å²) < 4.78 is 4.91. The minimum absolute atomic E-state index is 0.247. The van der Waals surface area contributed by atoms with E-state index in [0.717, 1.165) is 0 Å². The molecule has 0 aromatic rings. The maximum atomic E-state index is 12.0. The number of hydrogen-bond donors (Lipinski definition) is 1. The SMILES string of the molecule is CCOC(=O)C1CSCCN1C(=O)C(C)C(=O)O. The highest BCUT2D eigenvalue weighted by Gasteiger charge is 2.37. The van der Waals surface area contributed by atoms with Gasteiger partial charge in [0.15, 0.2) is 0 Å². The molecule has 0 saturated carbocycles. The molecule has 1 aliphatic heterocycles. The van der Waals surface area contributed by atoms with E-state index < -0.39 is 29.8 Å². The Morgan fingerprint density at radius 2 is 2.17 bits per heavy atom. The number of amides is 1. The van der Waals surface area contributed by atoms with Crippen molar-refractivity contribution in [2.45, 2.75) is 19.9 Å². The van der Waals surface area contributed by atoms with Crippen LogP contribution in [0.25, 0.3) is 0 Å². The second kappa shape index (κ2) is 6.63. The molecule has 6 nitrogen and oxygen atoms in total. The second-order valence-corrected chi connectivity index (χ2v) is 5.08. The van der Waals surface area contributed by atoms with Crippen molar-refractivity contribution in [3.8, 4) is 0 Å². The molecule has 0 aromatic heterocycles. The Kier molecular flexibility index (Phi) is 5.46. The number of esters is 1. The predicted octanol–water partition coefficient (Wildman–Crippen LogP) is 0.214. The van der Waals surface area contributed by atoms with E-state index in [1.807, 2.05) is 0 Å². The Hall–Kier alpha value is -1.24. The highest BCUT2D eigenvalue weighted by molar-refractivity contribution is 7.99. The quantitative estimate of drug-likeness (QED) is 0.583. The number of rotatable bonds is 4. The van der Waals surface area contributed by atoms with Crippen LogP contribution in [0.5, 0.6) is 0 Å². The summed E-state index contributed by atoms with van der Waals surface area (Å²) in [6, 6.07) is -0.669. The Labute approximate surface area is 110 Å². The molecule has 7 heteroatoms. The van der Waals surface area contributed by atoms with E-state index in [0.29, 0.717) is 18.1 Å². The first kappa shape index (κ1) is 14.8. The van der Waals surface area contributed by atoms with Crippen molar-refractivity contribution in [2.75, 3.05) is 24.7 Å². The summed E-state index contributed by atoms with van der Waals surface area (Å²) in [6.45, 7) is 3.65. The summed E-state index contributed by atoms with van der Waals surface area (Å²) in [6.07, 6.45) is 0. The zero-order chi connectivity index (χ0) is 13.7. The minimum atomic E-state index is -1.18. The summed E-state index contributed by atoms with van der Waals surface area (Å²) in [5.41, 5.74) is 0. The van der Waals surface area contributed by atoms with Gasteiger partial charge >= 0.3 is 11.9 Å². The van der Waals surface area contributed by atoms with Crippen molar-refractivity contribution >= 4 is 29.6 Å². The third-order valence-electron chi connectivity index (χ3n) is 2.71. The molecule has 0 radical (unpaired) electrons. The zero-order valence-corrected chi connectivity index (χ0v) is 11.2. The van der Waals surface area contributed by atoms with Gasteiger partial charge in [0, 0.05) is 18.1 Å². The minimum Gasteiger partial charge on any atom is -0.481 e. The predicted molar refractivity (Wildman–Crippen MR) is 66.3 cm³/mol. The van der Waals surface area contributed by atoms with Gasteiger partial charge in [-0.1, -0.05) is 0 Å². The van der Waals surface area contributed by atoms with Gasteiger partial charge in [-0.15, -0.1) is 0 Å². The van der Waals surface area contributed by atoms with Gasteiger partial charge in [-0.25, -0.2) is 4.79 Å². The normalized spacial score (nSPS) is 21.2. The fraction of sp³-hybridized carbons (Fsp3) is 0.727. The number of carbonyl (C=O) groups excluding carboxylic acids is 2. The van der Waals surface area contributed by atoms with Gasteiger partial charge in [-0.05, 0) is 13.8 Å². The van der Waals surface area contributed by atoms with Gasteiger partial charge in [0.25, 0.3) is 0 Å². The zero-order valence-electron chi connectivity index (χ0n) is 10.4. The molecule has 0 aliphatic carbocycles. The third kappa shape index (κ3) is 3.38. The molecule has 1 aliphatic rings. The number of hydrogen-bond acceptors (Lipinski definition) is 5. The van der Waals surface area contributed by atoms with E-state index in [9.17, 15) is 14.4 Å². The molecule has 1 rings (SSSR count). The molecular weight excluding hydrogens is 258 g/mol. The van der Waals surface area contributed by atoms with Crippen LogP contribution in [0, 0.1) is 5.92 Å². The van der Waals surface area contributed by atoms with Gasteiger partial charge in [0.1, 0.15) is 12.0 Å². The molecule has 1 amide bonds. The highest BCUT2D eigenvalue weighted by Crippen LogP contribution is 2.20. The van der Waals surface area contributed by atoms with Gasteiger partial charge in [-0.3, -0.25) is 9.59 Å². The van der Waals surface area contributed by atoms with Gasteiger partial charge < -0.3 is 14.7 Å². The molecule has 1 fully saturated rings. The summed E-state index contributed by atoms with van der Waals surface area (Å²) >= 11 is 1.56. The lowest BCUT2D eigenvalue weighted by Crippen LogP contribution is -2.53. The van der Waals surface area contributed by atoms with Crippen LogP contribution in [-0.4, -0.2) is 58.6 Å². The van der Waals surface area contributed by atoms with Gasteiger partial charge in [0.2, 0.25) is 5.91 Å². The number of nitrogens with zero attached hydrogens (tertiary/aromatic N) is 1. The first-order valence-electron chi connectivity index (χ1n) is 5.76. The molecular formula is C11H17NO5S. The molecule has 0 spiro atoms. The molecule has 18 heavy (non-hydrogen) atoms. The smallest absolute Gasteiger partial charge is 0.329 e. The van der Waals surface area contributed by atoms with Gasteiger partial charge in [-0.2, -0.15) is 11.8 Å². The van der Waals surface area contributed by atoms with Crippen molar-refractivity contribution in [1.29, 1.82) is 0 Å². The van der Waals surface area contributed by atoms with Crippen molar-refractivity contribution in [2.24, 2.45) is 5.92 Å². The van der Waals surface area contributed by atoms with Crippen LogP contribution in [0.1, 0.15) is 13.8 Å². The van der Waals surface area contributed by atoms with Crippen LogP contribution in [0.2, 0.25) is 0 Å². The lowest BCUT2D eigenvalue weighted by atomic mass is 10.1. The van der Waals surface area contributed by atoms with Crippen LogP contribution in [0.4, 0.5) is 0 Å². The van der Waals surface area contributed by atoms with Crippen molar-refractivity contribution in [1.82, 2.24) is 4.90 Å². The van der Waals surface area contributed by atoms with Crippen LogP contribution in [-0.2, 0) is 19.1 Å². The number of aliphatic carboxylic acids is 1. The van der Waals surface area contributed by atoms with E-state index in [-0.39, 0.29) is 6.61 Å². The number of carbonyl (C=O) groups is 3. The van der Waals surface area contributed by atoms with E-state index in [1.165, 1.54) is 11.8 Å². The monoisotopic (exact) mass is 275 g/mol. The fourth-order valence-corrected chi connectivity index (χ4v) is 2.69. The average Bonchev–Trinajstić information content (AvgIpc) is 2.37. The fourth-order valence-electron chi connectivity index (χ4n) is 1.66. The van der Waals surface area contributed by atoms with Crippen LogP contribution in [0.15, 0.2) is 0 Å². The number of thioether (sulfide) groups is 1. The molecule has 1 saturated heterocycles. The maximum Gasteiger partial charge on any atom is 0.329 e. The molecule has 0 aromatic carbocycles. The van der Waals surface area contributed by atoms with E-state index in [2.05, 4.69) is 0 Å². The molecule has 2 unspecified atom stereocenters.